The molecule has 0 aliphatic rings. The Morgan fingerprint density at radius 3 is 2.21 bits per heavy atom. The zero-order valence-electron chi connectivity index (χ0n) is 16.2. The SMILES string of the molecule is COC(=O)COC(=O)c1c(C)nc(C)c(C(=O)OC)c1-c1cccc([N+](=O)[O-])c1. The highest BCUT2D eigenvalue weighted by atomic mass is 16.6. The van der Waals surface area contributed by atoms with Gasteiger partial charge in [0.1, 0.15) is 0 Å². The summed E-state index contributed by atoms with van der Waals surface area (Å²) in [5.74, 6) is -2.49. The van der Waals surface area contributed by atoms with Gasteiger partial charge >= 0.3 is 17.9 Å². The van der Waals surface area contributed by atoms with Crippen LogP contribution in [-0.4, -0.2) is 48.6 Å². The Hall–Kier alpha value is -3.82. The van der Waals surface area contributed by atoms with E-state index in [4.69, 9.17) is 9.47 Å². The zero-order chi connectivity index (χ0) is 21.7. The fraction of sp³-hybridized carbons (Fsp3) is 0.263. The van der Waals surface area contributed by atoms with E-state index >= 15 is 0 Å². The number of nitrogens with zero attached hydrogens (tertiary/aromatic N) is 2. The van der Waals surface area contributed by atoms with E-state index in [0.717, 1.165) is 14.2 Å². The molecule has 0 amide bonds. The first-order valence-corrected chi connectivity index (χ1v) is 8.29. The molecule has 0 aliphatic carbocycles. The van der Waals surface area contributed by atoms with Crippen LogP contribution >= 0.6 is 0 Å². The molecule has 0 spiro atoms. The molecule has 2 rings (SSSR count). The van der Waals surface area contributed by atoms with E-state index in [1.54, 1.807) is 6.92 Å². The van der Waals surface area contributed by atoms with Gasteiger partial charge in [0.2, 0.25) is 0 Å². The van der Waals surface area contributed by atoms with Gasteiger partial charge in [-0.15, -0.1) is 0 Å². The number of benzene rings is 1. The Morgan fingerprint density at radius 2 is 1.66 bits per heavy atom. The summed E-state index contributed by atoms with van der Waals surface area (Å²) in [5, 5.41) is 11.2. The summed E-state index contributed by atoms with van der Waals surface area (Å²) in [7, 11) is 2.30. The van der Waals surface area contributed by atoms with Crippen LogP contribution in [0.15, 0.2) is 24.3 Å². The fourth-order valence-electron chi connectivity index (χ4n) is 2.77. The highest BCUT2D eigenvalue weighted by molar-refractivity contribution is 6.07. The maximum Gasteiger partial charge on any atom is 0.344 e. The summed E-state index contributed by atoms with van der Waals surface area (Å²) in [6.07, 6.45) is 0. The van der Waals surface area contributed by atoms with Crippen molar-refractivity contribution in [2.75, 3.05) is 20.8 Å². The van der Waals surface area contributed by atoms with Gasteiger partial charge in [0.15, 0.2) is 6.61 Å². The molecule has 0 saturated heterocycles. The quantitative estimate of drug-likeness (QED) is 0.309. The van der Waals surface area contributed by atoms with Crippen molar-refractivity contribution in [3.8, 4) is 11.1 Å². The summed E-state index contributed by atoms with van der Waals surface area (Å²) in [6.45, 7) is 2.41. The van der Waals surface area contributed by atoms with Crippen LogP contribution in [-0.2, 0) is 19.0 Å². The van der Waals surface area contributed by atoms with Crippen LogP contribution < -0.4 is 0 Å². The molecule has 10 nitrogen and oxygen atoms in total. The maximum atomic E-state index is 12.7. The second kappa shape index (κ2) is 8.91. The minimum absolute atomic E-state index is 0.0383. The third-order valence-corrected chi connectivity index (χ3v) is 4.05. The number of aryl methyl sites for hydroxylation is 2. The summed E-state index contributed by atoms with van der Waals surface area (Å²) in [6, 6.07) is 5.42. The molecule has 0 aliphatic heterocycles. The summed E-state index contributed by atoms with van der Waals surface area (Å²) in [5.41, 5.74) is 0.383. The Balaban J connectivity index is 2.78. The number of carbonyl (C=O) groups is 3. The average molecular weight is 402 g/mol. The zero-order valence-corrected chi connectivity index (χ0v) is 16.2. The van der Waals surface area contributed by atoms with Crippen molar-refractivity contribution >= 4 is 23.6 Å². The average Bonchev–Trinajstić information content (AvgIpc) is 2.70. The number of carbonyl (C=O) groups excluding carboxylic acids is 3. The van der Waals surface area contributed by atoms with Gasteiger partial charge < -0.3 is 14.2 Å². The first kappa shape index (κ1) is 21.5. The van der Waals surface area contributed by atoms with E-state index in [1.807, 2.05) is 0 Å². The highest BCUT2D eigenvalue weighted by Gasteiger charge is 2.28. The molecule has 0 fully saturated rings. The summed E-state index contributed by atoms with van der Waals surface area (Å²) >= 11 is 0. The maximum absolute atomic E-state index is 12.7. The van der Waals surface area contributed by atoms with E-state index in [-0.39, 0.29) is 39.3 Å². The first-order valence-electron chi connectivity index (χ1n) is 8.29. The van der Waals surface area contributed by atoms with E-state index < -0.39 is 29.4 Å². The van der Waals surface area contributed by atoms with Crippen LogP contribution in [0.5, 0.6) is 0 Å². The standard InChI is InChI=1S/C19H18N2O8/c1-10-15(18(23)28-4)17(12-6-5-7-13(8-12)21(25)26)16(11(2)20-10)19(24)29-9-14(22)27-3/h5-8H,9H2,1-4H3. The Kier molecular flexibility index (Phi) is 6.60. The van der Waals surface area contributed by atoms with Crippen LogP contribution in [0.1, 0.15) is 32.1 Å². The van der Waals surface area contributed by atoms with Gasteiger partial charge in [0.25, 0.3) is 5.69 Å². The van der Waals surface area contributed by atoms with E-state index in [1.165, 1.54) is 31.2 Å². The molecule has 29 heavy (non-hydrogen) atoms. The molecule has 0 bridgehead atoms. The van der Waals surface area contributed by atoms with Crippen molar-refractivity contribution in [2.24, 2.45) is 0 Å². The first-order chi connectivity index (χ1) is 13.7. The van der Waals surface area contributed by atoms with Gasteiger partial charge in [-0.3, -0.25) is 15.1 Å². The highest BCUT2D eigenvalue weighted by Crippen LogP contribution is 2.34. The van der Waals surface area contributed by atoms with Gasteiger partial charge in [-0.2, -0.15) is 0 Å². The number of methoxy groups -OCH3 is 2. The number of aromatic nitrogens is 1. The van der Waals surface area contributed by atoms with Crippen molar-refractivity contribution < 1.29 is 33.5 Å². The van der Waals surface area contributed by atoms with Crippen LogP contribution in [0.2, 0.25) is 0 Å². The molecule has 0 radical (unpaired) electrons. The molecule has 0 N–H and O–H groups in total. The molecule has 0 atom stereocenters. The smallest absolute Gasteiger partial charge is 0.344 e. The summed E-state index contributed by atoms with van der Waals surface area (Å²) in [4.78, 5) is 51.2. The lowest BCUT2D eigenvalue weighted by Crippen LogP contribution is -2.19. The summed E-state index contributed by atoms with van der Waals surface area (Å²) < 4.78 is 14.2. The van der Waals surface area contributed by atoms with Crippen molar-refractivity contribution in [1.82, 2.24) is 4.98 Å². The van der Waals surface area contributed by atoms with Gasteiger partial charge in [-0.05, 0) is 19.4 Å². The van der Waals surface area contributed by atoms with Crippen molar-refractivity contribution in [3.05, 3.63) is 56.9 Å². The molecule has 152 valence electrons. The molecule has 2 aromatic rings. The Morgan fingerprint density at radius 1 is 1.03 bits per heavy atom. The number of hydrogen-bond donors (Lipinski definition) is 0. The third-order valence-electron chi connectivity index (χ3n) is 4.05. The number of pyridine rings is 1. The molecule has 10 heteroatoms. The van der Waals surface area contributed by atoms with Crippen LogP contribution in [0.4, 0.5) is 5.69 Å². The van der Waals surface area contributed by atoms with Crippen molar-refractivity contribution in [2.45, 2.75) is 13.8 Å². The molecule has 1 heterocycles. The monoisotopic (exact) mass is 402 g/mol. The van der Waals surface area contributed by atoms with E-state index in [9.17, 15) is 24.5 Å². The number of rotatable bonds is 6. The van der Waals surface area contributed by atoms with Crippen LogP contribution in [0, 0.1) is 24.0 Å². The normalized spacial score (nSPS) is 10.2. The largest absolute Gasteiger partial charge is 0.466 e. The lowest BCUT2D eigenvalue weighted by Gasteiger charge is -2.17. The Labute approximate surface area is 165 Å². The Bertz CT molecular complexity index is 1000. The van der Waals surface area contributed by atoms with Crippen molar-refractivity contribution in [1.29, 1.82) is 0 Å². The van der Waals surface area contributed by atoms with Crippen LogP contribution in [0.3, 0.4) is 0 Å². The van der Waals surface area contributed by atoms with E-state index in [2.05, 4.69) is 9.72 Å². The van der Waals surface area contributed by atoms with Gasteiger partial charge in [0.05, 0.1) is 41.7 Å². The number of ether oxygens (including phenoxy) is 3. The number of nitro benzene ring substituents is 1. The number of esters is 3. The second-order valence-corrected chi connectivity index (χ2v) is 5.86. The molecular formula is C19H18N2O8. The predicted molar refractivity (Wildman–Crippen MR) is 99.4 cm³/mol. The van der Waals surface area contributed by atoms with E-state index in [0.29, 0.717) is 0 Å². The second-order valence-electron chi connectivity index (χ2n) is 5.86. The lowest BCUT2D eigenvalue weighted by atomic mass is 9.92. The predicted octanol–water partition coefficient (Wildman–Crippen LogP) is 2.39. The molecule has 0 saturated carbocycles. The van der Waals surface area contributed by atoms with Gasteiger partial charge in [0, 0.05) is 17.7 Å². The third kappa shape index (κ3) is 4.54. The molecule has 1 aromatic heterocycles. The molecular weight excluding hydrogens is 384 g/mol. The lowest BCUT2D eigenvalue weighted by molar-refractivity contribution is -0.384. The number of non-ortho nitro benzene ring substituents is 1. The van der Waals surface area contributed by atoms with Crippen molar-refractivity contribution in [3.63, 3.8) is 0 Å². The van der Waals surface area contributed by atoms with Crippen LogP contribution in [0.25, 0.3) is 11.1 Å². The number of hydrogen-bond acceptors (Lipinski definition) is 9. The molecule has 1 aromatic carbocycles. The van der Waals surface area contributed by atoms with Gasteiger partial charge in [-0.25, -0.2) is 14.4 Å². The topological polar surface area (TPSA) is 135 Å². The minimum Gasteiger partial charge on any atom is -0.466 e. The number of nitro groups is 1. The van der Waals surface area contributed by atoms with Gasteiger partial charge in [-0.1, -0.05) is 12.1 Å². The minimum atomic E-state index is -0.938. The molecule has 0 unspecified atom stereocenters. The fourth-order valence-corrected chi connectivity index (χ4v) is 2.77.